The lowest BCUT2D eigenvalue weighted by molar-refractivity contribution is 0.0600. The van der Waals surface area contributed by atoms with Crippen molar-refractivity contribution in [3.05, 3.63) is 29.3 Å². The number of hydrogen-bond donors (Lipinski definition) is 2. The van der Waals surface area contributed by atoms with E-state index in [0.717, 1.165) is 12.8 Å². The maximum Gasteiger partial charge on any atom is 0.338 e. The number of allylic oxidation sites excluding steroid dienone is 1. The highest BCUT2D eigenvalue weighted by Gasteiger charge is 2.13. The van der Waals surface area contributed by atoms with Gasteiger partial charge in [-0.2, -0.15) is 0 Å². The normalized spacial score (nSPS) is 12.8. The van der Waals surface area contributed by atoms with Gasteiger partial charge in [0.25, 0.3) is 0 Å². The van der Waals surface area contributed by atoms with Crippen LogP contribution in [0.25, 0.3) is 6.08 Å². The molecule has 0 amide bonds. The minimum absolute atomic E-state index is 0.125. The van der Waals surface area contributed by atoms with Gasteiger partial charge >= 0.3 is 5.97 Å². The molecule has 0 bridgehead atoms. The van der Waals surface area contributed by atoms with E-state index in [-0.39, 0.29) is 17.1 Å². The molecule has 0 aliphatic carbocycles. The molecule has 4 nitrogen and oxygen atoms in total. The summed E-state index contributed by atoms with van der Waals surface area (Å²) in [6.45, 7) is 6.52. The minimum Gasteiger partial charge on any atom is -0.507 e. The number of aromatic hydroxyl groups is 2. The van der Waals surface area contributed by atoms with E-state index in [1.807, 2.05) is 6.08 Å². The van der Waals surface area contributed by atoms with Gasteiger partial charge in [-0.3, -0.25) is 0 Å². The first-order valence-corrected chi connectivity index (χ1v) is 7.67. The average Bonchev–Trinajstić information content (AvgIpc) is 2.44. The van der Waals surface area contributed by atoms with E-state index in [2.05, 4.69) is 25.5 Å². The quantitative estimate of drug-likeness (QED) is 0.734. The second-order valence-electron chi connectivity index (χ2n) is 6.08. The number of ether oxygens (including phenoxy) is 1. The lowest BCUT2D eigenvalue weighted by Gasteiger charge is -2.09. The molecular weight excluding hydrogens is 280 g/mol. The molecule has 1 atom stereocenters. The van der Waals surface area contributed by atoms with E-state index in [0.29, 0.717) is 17.4 Å². The van der Waals surface area contributed by atoms with Gasteiger partial charge in [-0.25, -0.2) is 4.79 Å². The molecule has 1 aromatic rings. The fraction of sp³-hybridized carbons (Fsp3) is 0.500. The van der Waals surface area contributed by atoms with Gasteiger partial charge in [0.2, 0.25) is 0 Å². The van der Waals surface area contributed by atoms with Gasteiger partial charge in [0, 0.05) is 0 Å². The number of hydrogen-bond acceptors (Lipinski definition) is 4. The molecule has 0 aromatic heterocycles. The van der Waals surface area contributed by atoms with Crippen LogP contribution in [0.2, 0.25) is 0 Å². The summed E-state index contributed by atoms with van der Waals surface area (Å²) in [6, 6.07) is 2.60. The third-order valence-corrected chi connectivity index (χ3v) is 3.59. The number of rotatable bonds is 7. The topological polar surface area (TPSA) is 66.8 Å². The largest absolute Gasteiger partial charge is 0.507 e. The Kier molecular flexibility index (Phi) is 6.96. The van der Waals surface area contributed by atoms with Crippen LogP contribution in [0.5, 0.6) is 11.5 Å². The molecule has 1 rings (SSSR count). The van der Waals surface area contributed by atoms with E-state index in [1.165, 1.54) is 25.7 Å². The summed E-state index contributed by atoms with van der Waals surface area (Å²) < 4.78 is 4.57. The van der Waals surface area contributed by atoms with Crippen LogP contribution in [-0.2, 0) is 4.74 Å². The van der Waals surface area contributed by atoms with Crippen LogP contribution in [0.1, 0.15) is 56.0 Å². The van der Waals surface area contributed by atoms with Gasteiger partial charge < -0.3 is 14.9 Å². The molecule has 122 valence electrons. The van der Waals surface area contributed by atoms with Crippen molar-refractivity contribution < 1.29 is 19.7 Å². The van der Waals surface area contributed by atoms with Crippen LogP contribution in [0.4, 0.5) is 0 Å². The van der Waals surface area contributed by atoms with Crippen molar-refractivity contribution in [2.24, 2.45) is 11.8 Å². The predicted molar refractivity (Wildman–Crippen MR) is 88.0 cm³/mol. The molecule has 2 N–H and O–H groups in total. The second-order valence-corrected chi connectivity index (χ2v) is 6.08. The minimum atomic E-state index is -0.594. The Morgan fingerprint density at radius 2 is 1.77 bits per heavy atom. The molecule has 4 heteroatoms. The van der Waals surface area contributed by atoms with Crippen molar-refractivity contribution in [3.8, 4) is 11.5 Å². The molecule has 0 fully saturated rings. The predicted octanol–water partition coefficient (Wildman–Crippen LogP) is 4.36. The standard InChI is InChI=1S/C18H26O4/c1-12(2)6-5-7-13(3)8-9-15-16(19)10-14(11-17(15)20)18(21)22-4/h8-13,19-20H,5-7H2,1-4H3/b9-8+/t13-/m0/s1. The summed E-state index contributed by atoms with van der Waals surface area (Å²) in [4.78, 5) is 11.4. The lowest BCUT2D eigenvalue weighted by Crippen LogP contribution is -2.01. The van der Waals surface area contributed by atoms with Gasteiger partial charge in [-0.15, -0.1) is 0 Å². The average molecular weight is 306 g/mol. The van der Waals surface area contributed by atoms with Crippen molar-refractivity contribution in [1.29, 1.82) is 0 Å². The van der Waals surface area contributed by atoms with E-state index < -0.39 is 5.97 Å². The SMILES string of the molecule is COC(=O)c1cc(O)c(/C=C/[C@@H](C)CCCC(C)C)c(O)c1. The highest BCUT2D eigenvalue weighted by Crippen LogP contribution is 2.31. The first-order chi connectivity index (χ1) is 10.3. The zero-order valence-corrected chi connectivity index (χ0v) is 13.8. The van der Waals surface area contributed by atoms with E-state index >= 15 is 0 Å². The Bertz CT molecular complexity index is 509. The van der Waals surface area contributed by atoms with Gasteiger partial charge in [-0.1, -0.05) is 45.8 Å². The Hall–Kier alpha value is -1.97. The van der Waals surface area contributed by atoms with Gasteiger partial charge in [0.05, 0.1) is 18.2 Å². The molecule has 0 aliphatic heterocycles. The molecular formula is C18H26O4. The molecule has 0 spiro atoms. The lowest BCUT2D eigenvalue weighted by atomic mass is 9.98. The van der Waals surface area contributed by atoms with Crippen LogP contribution < -0.4 is 0 Å². The maximum absolute atomic E-state index is 11.4. The number of carbonyl (C=O) groups is 1. The molecule has 0 aliphatic rings. The van der Waals surface area contributed by atoms with Gasteiger partial charge in [-0.05, 0) is 30.4 Å². The monoisotopic (exact) mass is 306 g/mol. The summed E-state index contributed by atoms with van der Waals surface area (Å²) in [6.07, 6.45) is 7.08. The molecule has 0 heterocycles. The molecule has 0 saturated heterocycles. The van der Waals surface area contributed by atoms with E-state index in [9.17, 15) is 15.0 Å². The summed E-state index contributed by atoms with van der Waals surface area (Å²) in [5, 5.41) is 19.9. The molecule has 0 saturated carbocycles. The van der Waals surface area contributed by atoms with Crippen molar-refractivity contribution in [1.82, 2.24) is 0 Å². The fourth-order valence-corrected chi connectivity index (χ4v) is 2.23. The maximum atomic E-state index is 11.4. The van der Waals surface area contributed by atoms with Crippen LogP contribution in [-0.4, -0.2) is 23.3 Å². The number of carbonyl (C=O) groups excluding carboxylic acids is 1. The van der Waals surface area contributed by atoms with Crippen LogP contribution >= 0.6 is 0 Å². The van der Waals surface area contributed by atoms with Gasteiger partial charge in [0.15, 0.2) is 0 Å². The van der Waals surface area contributed by atoms with Crippen molar-refractivity contribution in [3.63, 3.8) is 0 Å². The number of phenolic OH excluding ortho intramolecular Hbond substituents is 2. The third-order valence-electron chi connectivity index (χ3n) is 3.59. The number of esters is 1. The zero-order chi connectivity index (χ0) is 16.7. The number of phenols is 2. The highest BCUT2D eigenvalue weighted by atomic mass is 16.5. The van der Waals surface area contributed by atoms with Gasteiger partial charge in [0.1, 0.15) is 11.5 Å². The van der Waals surface area contributed by atoms with Crippen LogP contribution in [0.15, 0.2) is 18.2 Å². The fourth-order valence-electron chi connectivity index (χ4n) is 2.23. The number of benzene rings is 1. The first kappa shape index (κ1) is 18.1. The summed E-state index contributed by atoms with van der Waals surface area (Å²) in [5.74, 6) is 0.202. The van der Waals surface area contributed by atoms with E-state index in [1.54, 1.807) is 6.08 Å². The van der Waals surface area contributed by atoms with Crippen molar-refractivity contribution in [2.75, 3.05) is 7.11 Å². The Labute approximate surface area is 132 Å². The van der Waals surface area contributed by atoms with Crippen LogP contribution in [0.3, 0.4) is 0 Å². The summed E-state index contributed by atoms with van der Waals surface area (Å²) >= 11 is 0. The smallest absolute Gasteiger partial charge is 0.338 e. The summed E-state index contributed by atoms with van der Waals surface area (Å²) in [7, 11) is 1.25. The van der Waals surface area contributed by atoms with Crippen LogP contribution in [0, 0.1) is 11.8 Å². The van der Waals surface area contributed by atoms with Crippen molar-refractivity contribution >= 4 is 12.0 Å². The third kappa shape index (κ3) is 5.43. The summed E-state index contributed by atoms with van der Waals surface area (Å²) in [5.41, 5.74) is 0.447. The Morgan fingerprint density at radius 1 is 1.18 bits per heavy atom. The highest BCUT2D eigenvalue weighted by molar-refractivity contribution is 5.91. The molecule has 1 aromatic carbocycles. The molecule has 0 unspecified atom stereocenters. The zero-order valence-electron chi connectivity index (χ0n) is 13.8. The molecule has 0 radical (unpaired) electrons. The molecule has 22 heavy (non-hydrogen) atoms. The van der Waals surface area contributed by atoms with E-state index in [4.69, 9.17) is 0 Å². The first-order valence-electron chi connectivity index (χ1n) is 7.67. The van der Waals surface area contributed by atoms with Crippen molar-refractivity contribution in [2.45, 2.75) is 40.0 Å². The Morgan fingerprint density at radius 3 is 2.27 bits per heavy atom. The second kappa shape index (κ2) is 8.47. The number of methoxy groups -OCH3 is 1. The Balaban J connectivity index is 2.76.